The third-order valence-electron chi connectivity index (χ3n) is 6.46. The van der Waals surface area contributed by atoms with Gasteiger partial charge in [0.15, 0.2) is 0 Å². The van der Waals surface area contributed by atoms with Crippen molar-refractivity contribution in [1.29, 1.82) is 0 Å². The number of benzene rings is 2. The molecule has 0 atom stereocenters. The van der Waals surface area contributed by atoms with Gasteiger partial charge in [-0.1, -0.05) is 95.2 Å². The lowest BCUT2D eigenvalue weighted by Gasteiger charge is -2.30. The van der Waals surface area contributed by atoms with Crippen molar-refractivity contribution in [2.45, 2.75) is 83.1 Å². The number of nitrogens with zero attached hydrogens (tertiary/aromatic N) is 4. The molecular formula is C32H50N4Si2. The van der Waals surface area contributed by atoms with Crippen LogP contribution in [0.3, 0.4) is 0 Å². The van der Waals surface area contributed by atoms with Gasteiger partial charge >= 0.3 is 19.7 Å². The molecule has 2 aromatic rings. The Hall–Kier alpha value is -1.93. The van der Waals surface area contributed by atoms with Crippen LogP contribution in [-0.2, 0) is 0 Å². The van der Waals surface area contributed by atoms with Gasteiger partial charge in [-0.3, -0.25) is 0 Å². The average molecular weight is 547 g/mol. The molecule has 0 aromatic heterocycles. The zero-order valence-corrected chi connectivity index (χ0v) is 28.1. The zero-order valence-electron chi connectivity index (χ0n) is 26.1. The molecule has 0 unspecified atom stereocenters. The summed E-state index contributed by atoms with van der Waals surface area (Å²) in [6, 6.07) is 14.4. The van der Waals surface area contributed by atoms with Crippen LogP contribution in [0.15, 0.2) is 36.4 Å². The Balaban J connectivity index is 1.72. The van der Waals surface area contributed by atoms with Crippen molar-refractivity contribution in [3.8, 4) is 11.1 Å². The van der Waals surface area contributed by atoms with E-state index in [1.807, 2.05) is 0 Å². The Morgan fingerprint density at radius 3 is 0.947 bits per heavy atom. The van der Waals surface area contributed by atoms with Gasteiger partial charge in [0.05, 0.1) is 22.7 Å². The topological polar surface area (TPSA) is 13.0 Å². The maximum atomic E-state index is 2.62. The second-order valence-electron chi connectivity index (χ2n) is 16.2. The molecule has 0 spiro atoms. The highest BCUT2D eigenvalue weighted by Gasteiger charge is 2.35. The predicted molar refractivity (Wildman–Crippen MR) is 171 cm³/mol. The van der Waals surface area contributed by atoms with E-state index in [1.165, 1.54) is 33.9 Å². The predicted octanol–water partition coefficient (Wildman–Crippen LogP) is 7.86. The van der Waals surface area contributed by atoms with E-state index in [9.17, 15) is 0 Å². The van der Waals surface area contributed by atoms with E-state index < -0.39 is 0 Å². The minimum Gasteiger partial charge on any atom is -0.378 e. The molecule has 6 heteroatoms. The van der Waals surface area contributed by atoms with Crippen LogP contribution in [0.5, 0.6) is 0 Å². The molecule has 0 saturated heterocycles. The summed E-state index contributed by atoms with van der Waals surface area (Å²) in [5.41, 5.74) is 9.22. The van der Waals surface area contributed by atoms with Gasteiger partial charge in [0.2, 0.25) is 0 Å². The lowest BCUT2D eigenvalue weighted by Crippen LogP contribution is -2.42. The molecule has 4 nitrogen and oxygen atoms in total. The highest BCUT2D eigenvalue weighted by atomic mass is 28.2. The number of fused-ring (bicyclic) bond motifs is 2. The van der Waals surface area contributed by atoms with Crippen molar-refractivity contribution in [3.63, 3.8) is 0 Å². The van der Waals surface area contributed by atoms with Crippen molar-refractivity contribution in [2.24, 2.45) is 21.7 Å². The van der Waals surface area contributed by atoms with E-state index >= 15 is 0 Å². The molecule has 0 fully saturated rings. The van der Waals surface area contributed by atoms with Gasteiger partial charge in [0.25, 0.3) is 0 Å². The van der Waals surface area contributed by atoms with E-state index in [4.69, 9.17) is 0 Å². The van der Waals surface area contributed by atoms with E-state index in [0.717, 1.165) is 26.2 Å². The fraction of sp³-hybridized carbons (Fsp3) is 0.625. The van der Waals surface area contributed by atoms with Crippen LogP contribution in [0.2, 0.25) is 0 Å². The first-order chi connectivity index (χ1) is 17.3. The molecular weight excluding hydrogens is 497 g/mol. The third-order valence-corrected chi connectivity index (χ3v) is 9.02. The van der Waals surface area contributed by atoms with Crippen molar-refractivity contribution >= 4 is 42.4 Å². The summed E-state index contributed by atoms with van der Waals surface area (Å²) in [7, 11) is 1.34. The van der Waals surface area contributed by atoms with Crippen LogP contribution in [0.25, 0.3) is 11.1 Å². The van der Waals surface area contributed by atoms with Crippen LogP contribution < -0.4 is 18.3 Å². The molecule has 0 N–H and O–H groups in total. The molecule has 2 aliphatic heterocycles. The quantitative estimate of drug-likeness (QED) is 0.354. The molecule has 206 valence electrons. The normalized spacial score (nSPS) is 16.4. The van der Waals surface area contributed by atoms with Crippen molar-refractivity contribution in [1.82, 2.24) is 0 Å². The summed E-state index contributed by atoms with van der Waals surface area (Å²) in [6.45, 7) is 32.4. The second kappa shape index (κ2) is 9.92. The first kappa shape index (κ1) is 29.1. The van der Waals surface area contributed by atoms with Crippen molar-refractivity contribution in [2.75, 3.05) is 44.4 Å². The van der Waals surface area contributed by atoms with Gasteiger partial charge in [0, 0.05) is 26.2 Å². The maximum absolute atomic E-state index is 2.62. The first-order valence-corrected chi connectivity index (χ1v) is 16.0. The number of hydrogen-bond donors (Lipinski definition) is 0. The van der Waals surface area contributed by atoms with Gasteiger partial charge in [0.1, 0.15) is 0 Å². The van der Waals surface area contributed by atoms with E-state index in [-0.39, 0.29) is 21.7 Å². The molecule has 0 amide bonds. The van der Waals surface area contributed by atoms with Gasteiger partial charge < -0.3 is 18.3 Å². The molecule has 0 bridgehead atoms. The number of hydrogen-bond acceptors (Lipinski definition) is 4. The molecule has 38 heavy (non-hydrogen) atoms. The Morgan fingerprint density at radius 1 is 0.421 bits per heavy atom. The fourth-order valence-electron chi connectivity index (χ4n) is 5.18. The standard InChI is InChI=1S/C32H50N4Si2/c1-29(2,3)19-33-25-15-13-23(17-27(25)35(37-33)21-31(7,8)9)24-14-16-26-28(18-24)36(22-32(10,11)12)38-34(26)20-30(4,5)6/h13-18H,19-22H2,1-12H3. The first-order valence-electron chi connectivity index (χ1n) is 14.2. The summed E-state index contributed by atoms with van der Waals surface area (Å²) < 4.78 is 10.4. The Bertz CT molecular complexity index is 1060. The van der Waals surface area contributed by atoms with Gasteiger partial charge in [-0.15, -0.1) is 0 Å². The molecule has 4 radical (unpaired) electrons. The number of anilines is 4. The van der Waals surface area contributed by atoms with Crippen LogP contribution in [0.1, 0.15) is 83.1 Å². The van der Waals surface area contributed by atoms with E-state index in [0.29, 0.717) is 19.7 Å². The summed E-state index contributed by atoms with van der Waals surface area (Å²) in [4.78, 5) is 0. The second-order valence-corrected chi connectivity index (χ2v) is 18.8. The fourth-order valence-corrected chi connectivity index (χ4v) is 9.11. The summed E-state index contributed by atoms with van der Waals surface area (Å²) in [5, 5.41) is 0. The minimum atomic E-state index is 0.247. The lowest BCUT2D eigenvalue weighted by molar-refractivity contribution is 0.425. The van der Waals surface area contributed by atoms with Crippen molar-refractivity contribution in [3.05, 3.63) is 36.4 Å². The average Bonchev–Trinajstić information content (AvgIpc) is 3.20. The number of rotatable bonds is 5. The molecule has 2 aliphatic rings. The Morgan fingerprint density at radius 2 is 0.684 bits per heavy atom. The summed E-state index contributed by atoms with van der Waals surface area (Å²) >= 11 is 0. The van der Waals surface area contributed by atoms with Gasteiger partial charge in [-0.2, -0.15) is 0 Å². The van der Waals surface area contributed by atoms with E-state index in [1.54, 1.807) is 0 Å². The lowest BCUT2D eigenvalue weighted by atomic mass is 9.95. The van der Waals surface area contributed by atoms with Crippen LogP contribution >= 0.6 is 0 Å². The van der Waals surface area contributed by atoms with Crippen molar-refractivity contribution < 1.29 is 0 Å². The van der Waals surface area contributed by atoms with Crippen LogP contribution in [0, 0.1) is 21.7 Å². The van der Waals surface area contributed by atoms with Gasteiger partial charge in [-0.25, -0.2) is 0 Å². The highest BCUT2D eigenvalue weighted by molar-refractivity contribution is 6.51. The Kier molecular flexibility index (Phi) is 7.59. The minimum absolute atomic E-state index is 0.247. The molecule has 0 aliphatic carbocycles. The molecule has 0 saturated carbocycles. The summed E-state index contributed by atoms with van der Waals surface area (Å²) in [6.07, 6.45) is 0. The highest BCUT2D eigenvalue weighted by Crippen LogP contribution is 2.44. The zero-order chi connectivity index (χ0) is 28.3. The monoisotopic (exact) mass is 546 g/mol. The van der Waals surface area contributed by atoms with Crippen LogP contribution in [0.4, 0.5) is 22.7 Å². The molecule has 2 heterocycles. The van der Waals surface area contributed by atoms with Crippen LogP contribution in [-0.4, -0.2) is 45.9 Å². The Labute approximate surface area is 238 Å². The third kappa shape index (κ3) is 7.18. The summed E-state index contributed by atoms with van der Waals surface area (Å²) in [5.74, 6) is 0. The van der Waals surface area contributed by atoms with Gasteiger partial charge in [-0.05, 0) is 57.1 Å². The largest absolute Gasteiger partial charge is 0.378 e. The molecule has 4 rings (SSSR count). The molecule has 2 aromatic carbocycles. The smallest absolute Gasteiger partial charge is 0.332 e. The van der Waals surface area contributed by atoms with E-state index in [2.05, 4.69) is 138 Å². The maximum Gasteiger partial charge on any atom is 0.332 e. The SMILES string of the molecule is CC(C)(C)CN1[Si]N(CC(C)(C)C)c2cc(-c3ccc4c(c3)N(CC(C)(C)C)[Si]N4CC(C)(C)C)ccc21.